The zero-order chi connectivity index (χ0) is 15.9. The summed E-state index contributed by atoms with van der Waals surface area (Å²) >= 11 is 1.74. The van der Waals surface area contributed by atoms with E-state index in [1.54, 1.807) is 11.8 Å². The van der Waals surface area contributed by atoms with E-state index in [0.717, 1.165) is 11.4 Å². The molecular weight excluding hydrogens is 292 g/mol. The maximum Gasteiger partial charge on any atom is 0.241 e. The molecule has 3 N–H and O–H groups in total. The van der Waals surface area contributed by atoms with Crippen LogP contribution >= 0.6 is 11.8 Å². The van der Waals surface area contributed by atoms with Crippen molar-refractivity contribution in [3.63, 3.8) is 0 Å². The van der Waals surface area contributed by atoms with Gasteiger partial charge in [-0.2, -0.15) is 0 Å². The predicted octanol–water partition coefficient (Wildman–Crippen LogP) is 3.75. The Kier molecular flexibility index (Phi) is 6.04. The largest absolute Gasteiger partial charge is 0.325 e. The van der Waals surface area contributed by atoms with Gasteiger partial charge in [0.05, 0.1) is 6.04 Å². The highest BCUT2D eigenvalue weighted by atomic mass is 32.2. The maximum atomic E-state index is 12.0. The summed E-state index contributed by atoms with van der Waals surface area (Å²) in [5, 5.41) is 2.84. The van der Waals surface area contributed by atoms with Crippen LogP contribution in [-0.2, 0) is 4.79 Å². The van der Waals surface area contributed by atoms with E-state index in [2.05, 4.69) is 37.4 Å². The molecule has 0 aromatic heterocycles. The lowest BCUT2D eigenvalue weighted by atomic mass is 10.2. The third-order valence-corrected chi connectivity index (χ3v) is 4.28. The number of nitrogens with one attached hydrogen (secondary N) is 1. The minimum absolute atomic E-state index is 0.132. The first-order chi connectivity index (χ1) is 10.5. The summed E-state index contributed by atoms with van der Waals surface area (Å²) in [6, 6.07) is 15.4. The van der Waals surface area contributed by atoms with Crippen molar-refractivity contribution in [1.29, 1.82) is 0 Å². The van der Waals surface area contributed by atoms with Crippen LogP contribution in [0.15, 0.2) is 53.4 Å². The number of carbonyl (C=O) groups excluding carboxylic acids is 1. The van der Waals surface area contributed by atoms with Crippen molar-refractivity contribution in [3.8, 4) is 0 Å². The van der Waals surface area contributed by atoms with Gasteiger partial charge in [-0.3, -0.25) is 4.79 Å². The zero-order valence-corrected chi connectivity index (χ0v) is 13.8. The fourth-order valence-corrected chi connectivity index (χ4v) is 3.35. The highest BCUT2D eigenvalue weighted by Crippen LogP contribution is 2.22. The Balaban J connectivity index is 1.79. The molecule has 0 aliphatic heterocycles. The van der Waals surface area contributed by atoms with E-state index < -0.39 is 6.04 Å². The number of para-hydroxylation sites is 1. The van der Waals surface area contributed by atoms with E-state index in [1.165, 1.54) is 16.0 Å². The number of carbonyl (C=O) groups is 1. The second-order valence-electron chi connectivity index (χ2n) is 5.42. The van der Waals surface area contributed by atoms with Crippen molar-refractivity contribution in [1.82, 2.24) is 0 Å². The van der Waals surface area contributed by atoms with Crippen LogP contribution in [0, 0.1) is 13.8 Å². The first kappa shape index (κ1) is 16.6. The first-order valence-corrected chi connectivity index (χ1v) is 8.36. The van der Waals surface area contributed by atoms with E-state index in [0.29, 0.717) is 6.42 Å². The van der Waals surface area contributed by atoms with Crippen molar-refractivity contribution >= 4 is 23.4 Å². The molecule has 0 spiro atoms. The van der Waals surface area contributed by atoms with Gasteiger partial charge in [0, 0.05) is 10.6 Å². The highest BCUT2D eigenvalue weighted by molar-refractivity contribution is 7.99. The van der Waals surface area contributed by atoms with E-state index in [1.807, 2.05) is 30.3 Å². The molecule has 2 aromatic carbocycles. The Labute approximate surface area is 136 Å². The third kappa shape index (κ3) is 5.20. The Hall–Kier alpha value is -1.78. The van der Waals surface area contributed by atoms with Crippen LogP contribution in [-0.4, -0.2) is 17.7 Å². The van der Waals surface area contributed by atoms with Gasteiger partial charge >= 0.3 is 0 Å². The van der Waals surface area contributed by atoms with Crippen LogP contribution in [0.1, 0.15) is 17.5 Å². The molecule has 0 radical (unpaired) electrons. The smallest absolute Gasteiger partial charge is 0.241 e. The Morgan fingerprint density at radius 3 is 2.41 bits per heavy atom. The minimum Gasteiger partial charge on any atom is -0.325 e. The molecule has 1 amide bonds. The van der Waals surface area contributed by atoms with Gasteiger partial charge in [-0.1, -0.05) is 24.3 Å². The van der Waals surface area contributed by atoms with Gasteiger partial charge in [-0.25, -0.2) is 0 Å². The van der Waals surface area contributed by atoms with Crippen LogP contribution < -0.4 is 11.1 Å². The molecule has 2 aromatic rings. The molecule has 0 bridgehead atoms. The van der Waals surface area contributed by atoms with Gasteiger partial charge in [-0.05, 0) is 61.4 Å². The predicted molar refractivity (Wildman–Crippen MR) is 94.3 cm³/mol. The summed E-state index contributed by atoms with van der Waals surface area (Å²) in [7, 11) is 0. The van der Waals surface area contributed by atoms with Gasteiger partial charge < -0.3 is 11.1 Å². The van der Waals surface area contributed by atoms with Crippen LogP contribution in [0.4, 0.5) is 5.69 Å². The zero-order valence-electron chi connectivity index (χ0n) is 13.0. The fourth-order valence-electron chi connectivity index (χ4n) is 2.21. The molecular formula is C18H22N2OS. The van der Waals surface area contributed by atoms with Gasteiger partial charge in [0.25, 0.3) is 0 Å². The van der Waals surface area contributed by atoms with Gasteiger partial charge in [0.2, 0.25) is 5.91 Å². The van der Waals surface area contributed by atoms with Crippen molar-refractivity contribution in [2.45, 2.75) is 31.2 Å². The molecule has 3 nitrogen and oxygen atoms in total. The maximum absolute atomic E-state index is 12.0. The van der Waals surface area contributed by atoms with Crippen LogP contribution in [0.3, 0.4) is 0 Å². The van der Waals surface area contributed by atoms with E-state index in [-0.39, 0.29) is 5.91 Å². The average molecular weight is 314 g/mol. The Morgan fingerprint density at radius 1 is 1.14 bits per heavy atom. The number of thioether (sulfide) groups is 1. The summed E-state index contributed by atoms with van der Waals surface area (Å²) < 4.78 is 0. The number of rotatable bonds is 6. The van der Waals surface area contributed by atoms with Crippen molar-refractivity contribution < 1.29 is 4.79 Å². The molecule has 1 unspecified atom stereocenters. The molecule has 4 heteroatoms. The van der Waals surface area contributed by atoms with Crippen LogP contribution in [0.25, 0.3) is 0 Å². The quantitative estimate of drug-likeness (QED) is 0.798. The second-order valence-corrected chi connectivity index (χ2v) is 6.59. The van der Waals surface area contributed by atoms with Gasteiger partial charge in [0.1, 0.15) is 0 Å². The second kappa shape index (κ2) is 8.01. The van der Waals surface area contributed by atoms with Crippen molar-refractivity contribution in [2.24, 2.45) is 5.73 Å². The lowest BCUT2D eigenvalue weighted by molar-refractivity contribution is -0.117. The van der Waals surface area contributed by atoms with E-state index >= 15 is 0 Å². The molecule has 0 aliphatic carbocycles. The normalized spacial score (nSPS) is 12.0. The molecule has 1 atom stereocenters. The van der Waals surface area contributed by atoms with Gasteiger partial charge in [-0.15, -0.1) is 11.8 Å². The molecule has 0 saturated heterocycles. The molecule has 2 rings (SSSR count). The lowest BCUT2D eigenvalue weighted by Gasteiger charge is -2.12. The summed E-state index contributed by atoms with van der Waals surface area (Å²) in [5.41, 5.74) is 9.26. The lowest BCUT2D eigenvalue weighted by Crippen LogP contribution is -2.36. The molecule has 116 valence electrons. The Bertz CT molecular complexity index is 608. The summed E-state index contributed by atoms with van der Waals surface area (Å²) in [6.45, 7) is 4.19. The number of anilines is 1. The molecule has 22 heavy (non-hydrogen) atoms. The Morgan fingerprint density at radius 2 is 1.77 bits per heavy atom. The fraction of sp³-hybridized carbons (Fsp3) is 0.278. The minimum atomic E-state index is -0.487. The number of hydrogen-bond donors (Lipinski definition) is 2. The summed E-state index contributed by atoms with van der Waals surface area (Å²) in [4.78, 5) is 13.2. The summed E-state index contributed by atoms with van der Waals surface area (Å²) in [6.07, 6.45) is 0.649. The van der Waals surface area contributed by atoms with Gasteiger partial charge in [0.15, 0.2) is 0 Å². The number of hydrogen-bond acceptors (Lipinski definition) is 3. The third-order valence-electron chi connectivity index (χ3n) is 3.27. The van der Waals surface area contributed by atoms with E-state index in [9.17, 15) is 4.79 Å². The number of amides is 1. The molecule has 0 fully saturated rings. The molecule has 0 heterocycles. The molecule has 0 saturated carbocycles. The first-order valence-electron chi connectivity index (χ1n) is 7.37. The highest BCUT2D eigenvalue weighted by Gasteiger charge is 2.13. The summed E-state index contributed by atoms with van der Waals surface area (Å²) in [5.74, 6) is 0.693. The van der Waals surface area contributed by atoms with Crippen LogP contribution in [0.2, 0.25) is 0 Å². The number of nitrogens with two attached hydrogens (primary N) is 1. The number of benzene rings is 2. The number of aryl methyl sites for hydroxylation is 2. The van der Waals surface area contributed by atoms with Crippen LogP contribution in [0.5, 0.6) is 0 Å². The molecule has 0 aliphatic rings. The topological polar surface area (TPSA) is 55.1 Å². The van der Waals surface area contributed by atoms with E-state index in [4.69, 9.17) is 5.73 Å². The standard InChI is InChI=1S/C18H22N2OS/c1-13-10-14(2)12-16(11-13)22-9-8-17(19)18(21)20-15-6-4-3-5-7-15/h3-7,10-12,17H,8-9,19H2,1-2H3,(H,20,21). The average Bonchev–Trinajstić information content (AvgIpc) is 2.47. The van der Waals surface area contributed by atoms with Crippen molar-refractivity contribution in [3.05, 3.63) is 59.7 Å². The van der Waals surface area contributed by atoms with Crippen molar-refractivity contribution in [2.75, 3.05) is 11.1 Å². The SMILES string of the molecule is Cc1cc(C)cc(SCCC(N)C(=O)Nc2ccccc2)c1. The monoisotopic (exact) mass is 314 g/mol.